The molecule has 3 rings (SSSR count). The molecule has 168 valence electrons. The molecule has 0 fully saturated rings. The molecule has 2 aromatic carbocycles. The molecule has 1 heterocycles. The largest absolute Gasteiger partial charge is 0.482 e. The average molecular weight is 453 g/mol. The van der Waals surface area contributed by atoms with Crippen LogP contribution in [-0.4, -0.2) is 23.5 Å². The molecule has 0 unspecified atom stereocenters. The van der Waals surface area contributed by atoms with Gasteiger partial charge in [-0.15, -0.1) is 11.3 Å². The summed E-state index contributed by atoms with van der Waals surface area (Å²) in [6.07, 6.45) is 0.194. The molecule has 7 heteroatoms. The first-order valence-electron chi connectivity index (χ1n) is 10.4. The van der Waals surface area contributed by atoms with E-state index in [0.29, 0.717) is 23.0 Å². The standard InChI is InChI=1S/C25H28N2O4S/c1-25(2,3)19-9-11-21(12-10-19)30-16-24(29)31-15-20-17-32-23(27-20)13-22(28)26-14-18-7-5-4-6-8-18/h4-12,17H,13-16H2,1-3H3,(H,26,28). The summed E-state index contributed by atoms with van der Waals surface area (Å²) >= 11 is 1.37. The highest BCUT2D eigenvalue weighted by Gasteiger charge is 2.14. The predicted molar refractivity (Wildman–Crippen MR) is 125 cm³/mol. The molecule has 0 aliphatic rings. The van der Waals surface area contributed by atoms with Crippen LogP contribution in [0.5, 0.6) is 5.75 Å². The molecular formula is C25H28N2O4S. The number of esters is 1. The van der Waals surface area contributed by atoms with Gasteiger partial charge >= 0.3 is 5.97 Å². The van der Waals surface area contributed by atoms with Crippen LogP contribution in [0.4, 0.5) is 0 Å². The van der Waals surface area contributed by atoms with Gasteiger partial charge in [0.15, 0.2) is 6.61 Å². The summed E-state index contributed by atoms with van der Waals surface area (Å²) in [5.74, 6) is 0.0464. The van der Waals surface area contributed by atoms with Crippen molar-refractivity contribution < 1.29 is 19.1 Å². The molecule has 3 aromatic rings. The van der Waals surface area contributed by atoms with Gasteiger partial charge in [-0.05, 0) is 28.7 Å². The fourth-order valence-corrected chi connectivity index (χ4v) is 3.66. The molecular weight excluding hydrogens is 424 g/mol. The van der Waals surface area contributed by atoms with E-state index in [1.165, 1.54) is 16.9 Å². The number of nitrogens with one attached hydrogen (secondary N) is 1. The van der Waals surface area contributed by atoms with Gasteiger partial charge in [-0.25, -0.2) is 9.78 Å². The van der Waals surface area contributed by atoms with Crippen LogP contribution in [0.2, 0.25) is 0 Å². The van der Waals surface area contributed by atoms with Gasteiger partial charge in [-0.3, -0.25) is 4.79 Å². The van der Waals surface area contributed by atoms with Crippen molar-refractivity contribution in [2.75, 3.05) is 6.61 Å². The lowest BCUT2D eigenvalue weighted by molar-refractivity contribution is -0.147. The Balaban J connectivity index is 1.37. The van der Waals surface area contributed by atoms with E-state index >= 15 is 0 Å². The van der Waals surface area contributed by atoms with Crippen molar-refractivity contribution in [2.45, 2.75) is 45.8 Å². The van der Waals surface area contributed by atoms with E-state index in [1.807, 2.05) is 54.6 Å². The second-order valence-corrected chi connectivity index (χ2v) is 9.34. The van der Waals surface area contributed by atoms with E-state index in [9.17, 15) is 9.59 Å². The van der Waals surface area contributed by atoms with Crippen LogP contribution in [0.1, 0.15) is 42.6 Å². The summed E-state index contributed by atoms with van der Waals surface area (Å²) in [5, 5.41) is 5.35. The number of thiazole rings is 1. The Bertz CT molecular complexity index is 1020. The van der Waals surface area contributed by atoms with Crippen molar-refractivity contribution in [1.82, 2.24) is 10.3 Å². The highest BCUT2D eigenvalue weighted by Crippen LogP contribution is 2.24. The average Bonchev–Trinajstić information content (AvgIpc) is 3.22. The van der Waals surface area contributed by atoms with Gasteiger partial charge in [0.25, 0.3) is 0 Å². The molecule has 0 aliphatic heterocycles. The number of aromatic nitrogens is 1. The number of amides is 1. The fraction of sp³-hybridized carbons (Fsp3) is 0.320. The molecule has 1 N–H and O–H groups in total. The smallest absolute Gasteiger partial charge is 0.344 e. The zero-order chi connectivity index (χ0) is 23.0. The zero-order valence-electron chi connectivity index (χ0n) is 18.6. The molecule has 1 amide bonds. The maximum absolute atomic E-state index is 12.1. The molecule has 0 bridgehead atoms. The van der Waals surface area contributed by atoms with Gasteiger partial charge in [-0.2, -0.15) is 0 Å². The lowest BCUT2D eigenvalue weighted by Gasteiger charge is -2.19. The maximum Gasteiger partial charge on any atom is 0.344 e. The van der Waals surface area contributed by atoms with Gasteiger partial charge in [-0.1, -0.05) is 63.2 Å². The summed E-state index contributed by atoms with van der Waals surface area (Å²) in [7, 11) is 0. The van der Waals surface area contributed by atoms with Gasteiger partial charge < -0.3 is 14.8 Å². The minimum atomic E-state index is -0.472. The van der Waals surface area contributed by atoms with Crippen LogP contribution in [0.15, 0.2) is 60.0 Å². The van der Waals surface area contributed by atoms with E-state index in [-0.39, 0.29) is 31.0 Å². The molecule has 1 aromatic heterocycles. The van der Waals surface area contributed by atoms with Crippen LogP contribution in [0, 0.1) is 0 Å². The molecule has 32 heavy (non-hydrogen) atoms. The second kappa shape index (κ2) is 10.9. The highest BCUT2D eigenvalue weighted by molar-refractivity contribution is 7.09. The van der Waals surface area contributed by atoms with Crippen LogP contribution in [0.3, 0.4) is 0 Å². The minimum Gasteiger partial charge on any atom is -0.482 e. The number of ether oxygens (including phenoxy) is 2. The van der Waals surface area contributed by atoms with Crippen molar-refractivity contribution >= 4 is 23.2 Å². The molecule has 0 atom stereocenters. The number of rotatable bonds is 9. The van der Waals surface area contributed by atoms with Crippen molar-refractivity contribution in [3.05, 3.63) is 81.8 Å². The van der Waals surface area contributed by atoms with E-state index in [1.54, 1.807) is 5.38 Å². The lowest BCUT2D eigenvalue weighted by atomic mass is 9.87. The molecule has 0 saturated heterocycles. The summed E-state index contributed by atoms with van der Waals surface area (Å²) in [4.78, 5) is 28.5. The zero-order valence-corrected chi connectivity index (χ0v) is 19.4. The Labute approximate surface area is 192 Å². The second-order valence-electron chi connectivity index (χ2n) is 8.40. The van der Waals surface area contributed by atoms with E-state index in [2.05, 4.69) is 31.1 Å². The first-order chi connectivity index (χ1) is 15.3. The molecule has 0 aliphatic carbocycles. The Kier molecular flexibility index (Phi) is 8.00. The lowest BCUT2D eigenvalue weighted by Crippen LogP contribution is -2.24. The Hall–Kier alpha value is -3.19. The Morgan fingerprint density at radius 2 is 1.75 bits per heavy atom. The van der Waals surface area contributed by atoms with Crippen LogP contribution in [-0.2, 0) is 39.3 Å². The van der Waals surface area contributed by atoms with Crippen molar-refractivity contribution in [1.29, 1.82) is 0 Å². The number of benzene rings is 2. The minimum absolute atomic E-state index is 0.0489. The maximum atomic E-state index is 12.1. The summed E-state index contributed by atoms with van der Waals surface area (Å²) in [6, 6.07) is 17.4. The van der Waals surface area contributed by atoms with Crippen LogP contribution >= 0.6 is 11.3 Å². The number of nitrogens with zero attached hydrogens (tertiary/aromatic N) is 1. The Morgan fingerprint density at radius 1 is 1.03 bits per heavy atom. The molecule has 0 saturated carbocycles. The van der Waals surface area contributed by atoms with Crippen LogP contribution in [0.25, 0.3) is 0 Å². The third-order valence-electron chi connectivity index (χ3n) is 4.70. The first-order valence-corrected chi connectivity index (χ1v) is 11.3. The van der Waals surface area contributed by atoms with Gasteiger partial charge in [0.1, 0.15) is 17.4 Å². The van der Waals surface area contributed by atoms with Crippen molar-refractivity contribution in [2.24, 2.45) is 0 Å². The predicted octanol–water partition coefficient (Wildman–Crippen LogP) is 4.42. The van der Waals surface area contributed by atoms with E-state index in [4.69, 9.17) is 9.47 Å². The molecule has 0 spiro atoms. The summed E-state index contributed by atoms with van der Waals surface area (Å²) in [6.45, 7) is 6.78. The number of hydrogen-bond donors (Lipinski definition) is 1. The normalized spacial score (nSPS) is 11.1. The topological polar surface area (TPSA) is 77.5 Å². The number of carbonyl (C=O) groups is 2. The summed E-state index contributed by atoms with van der Waals surface area (Å²) < 4.78 is 10.7. The van der Waals surface area contributed by atoms with Gasteiger partial charge in [0.2, 0.25) is 5.91 Å². The fourth-order valence-electron chi connectivity index (χ4n) is 2.88. The number of carbonyl (C=O) groups excluding carboxylic acids is 2. The summed E-state index contributed by atoms with van der Waals surface area (Å²) in [5.41, 5.74) is 2.91. The third-order valence-corrected chi connectivity index (χ3v) is 5.60. The number of hydrogen-bond acceptors (Lipinski definition) is 6. The molecule has 0 radical (unpaired) electrons. The Morgan fingerprint density at radius 3 is 2.44 bits per heavy atom. The van der Waals surface area contributed by atoms with Gasteiger partial charge in [0, 0.05) is 11.9 Å². The molecule has 6 nitrogen and oxygen atoms in total. The van der Waals surface area contributed by atoms with E-state index < -0.39 is 5.97 Å². The third kappa shape index (κ3) is 7.50. The first kappa shape index (κ1) is 23.5. The monoisotopic (exact) mass is 452 g/mol. The SMILES string of the molecule is CC(C)(C)c1ccc(OCC(=O)OCc2csc(CC(=O)NCc3ccccc3)n2)cc1. The van der Waals surface area contributed by atoms with Crippen molar-refractivity contribution in [3.63, 3.8) is 0 Å². The van der Waals surface area contributed by atoms with Crippen LogP contribution < -0.4 is 10.1 Å². The quantitative estimate of drug-likeness (QED) is 0.486. The highest BCUT2D eigenvalue weighted by atomic mass is 32.1. The van der Waals surface area contributed by atoms with E-state index in [0.717, 1.165) is 5.56 Å². The van der Waals surface area contributed by atoms with Crippen molar-refractivity contribution in [3.8, 4) is 5.75 Å². The van der Waals surface area contributed by atoms with Gasteiger partial charge in [0.05, 0.1) is 12.1 Å².